The van der Waals surface area contributed by atoms with Crippen LogP contribution in [-0.2, 0) is 6.42 Å². The van der Waals surface area contributed by atoms with E-state index in [9.17, 15) is 4.79 Å². The molecule has 2 rings (SSSR count). The Labute approximate surface area is 116 Å². The van der Waals surface area contributed by atoms with Gasteiger partial charge in [0.05, 0.1) is 9.21 Å². The Morgan fingerprint density at radius 1 is 1.22 bits per heavy atom. The van der Waals surface area contributed by atoms with E-state index in [0.717, 1.165) is 18.5 Å². The summed E-state index contributed by atoms with van der Waals surface area (Å²) >= 11 is 7.08. The molecule has 0 atom stereocenters. The van der Waals surface area contributed by atoms with Crippen molar-refractivity contribution >= 4 is 34.5 Å². The van der Waals surface area contributed by atoms with Crippen molar-refractivity contribution in [3.63, 3.8) is 0 Å². The van der Waals surface area contributed by atoms with Gasteiger partial charge in [-0.3, -0.25) is 4.79 Å². The molecule has 1 amide bonds. The number of carbonyl (C=O) groups is 1. The van der Waals surface area contributed by atoms with Gasteiger partial charge in [-0.1, -0.05) is 37.1 Å². The smallest absolute Gasteiger partial charge is 0.265 e. The van der Waals surface area contributed by atoms with E-state index in [2.05, 4.69) is 12.2 Å². The summed E-state index contributed by atoms with van der Waals surface area (Å²) in [6, 6.07) is 11.4. The van der Waals surface area contributed by atoms with E-state index >= 15 is 0 Å². The molecule has 0 aliphatic carbocycles. The van der Waals surface area contributed by atoms with Gasteiger partial charge in [0.1, 0.15) is 0 Å². The first-order valence-corrected chi connectivity index (χ1v) is 7.04. The SMILES string of the molecule is CCCc1ccc(NC(=O)c2ccc(Cl)s2)cc1. The third kappa shape index (κ3) is 3.34. The molecule has 0 spiro atoms. The summed E-state index contributed by atoms with van der Waals surface area (Å²) in [5.41, 5.74) is 2.10. The fourth-order valence-electron chi connectivity index (χ4n) is 1.67. The lowest BCUT2D eigenvalue weighted by Crippen LogP contribution is -2.09. The summed E-state index contributed by atoms with van der Waals surface area (Å²) in [6.07, 6.45) is 2.19. The molecule has 0 saturated heterocycles. The minimum atomic E-state index is -0.116. The lowest BCUT2D eigenvalue weighted by molar-refractivity contribution is 0.103. The zero-order valence-electron chi connectivity index (χ0n) is 10.1. The summed E-state index contributed by atoms with van der Waals surface area (Å²) in [4.78, 5) is 12.5. The second-order valence-corrected chi connectivity index (χ2v) is 5.72. The molecule has 18 heavy (non-hydrogen) atoms. The molecule has 1 aromatic heterocycles. The van der Waals surface area contributed by atoms with Crippen molar-refractivity contribution in [1.82, 2.24) is 0 Å². The summed E-state index contributed by atoms with van der Waals surface area (Å²) in [5, 5.41) is 2.85. The average Bonchev–Trinajstić information content (AvgIpc) is 2.79. The number of benzene rings is 1. The van der Waals surface area contributed by atoms with E-state index in [4.69, 9.17) is 11.6 Å². The maximum absolute atomic E-state index is 11.9. The lowest BCUT2D eigenvalue weighted by Gasteiger charge is -2.04. The molecule has 0 aliphatic heterocycles. The predicted molar refractivity (Wildman–Crippen MR) is 77.7 cm³/mol. The largest absolute Gasteiger partial charge is 0.321 e. The van der Waals surface area contributed by atoms with Gasteiger partial charge >= 0.3 is 0 Å². The third-order valence-corrected chi connectivity index (χ3v) is 3.78. The topological polar surface area (TPSA) is 29.1 Å². The fraction of sp³-hybridized carbons (Fsp3) is 0.214. The van der Waals surface area contributed by atoms with Gasteiger partial charge in [0.15, 0.2) is 0 Å². The quantitative estimate of drug-likeness (QED) is 0.870. The maximum atomic E-state index is 11.9. The number of rotatable bonds is 4. The van der Waals surface area contributed by atoms with E-state index in [1.54, 1.807) is 12.1 Å². The molecule has 0 fully saturated rings. The first kappa shape index (κ1) is 13.1. The lowest BCUT2D eigenvalue weighted by atomic mass is 10.1. The van der Waals surface area contributed by atoms with Gasteiger partial charge in [-0.25, -0.2) is 0 Å². The first-order valence-electron chi connectivity index (χ1n) is 5.84. The molecular weight excluding hydrogens is 266 g/mol. The van der Waals surface area contributed by atoms with Crippen LogP contribution in [-0.4, -0.2) is 5.91 Å². The summed E-state index contributed by atoms with van der Waals surface area (Å²) in [5.74, 6) is -0.116. The number of hydrogen-bond acceptors (Lipinski definition) is 2. The molecule has 0 radical (unpaired) electrons. The van der Waals surface area contributed by atoms with Crippen LogP contribution in [0, 0.1) is 0 Å². The molecule has 94 valence electrons. The van der Waals surface area contributed by atoms with Crippen LogP contribution < -0.4 is 5.32 Å². The van der Waals surface area contributed by atoms with Gasteiger partial charge in [0.2, 0.25) is 0 Å². The van der Waals surface area contributed by atoms with Crippen LogP contribution >= 0.6 is 22.9 Å². The molecule has 0 unspecified atom stereocenters. The van der Waals surface area contributed by atoms with E-state index in [0.29, 0.717) is 9.21 Å². The van der Waals surface area contributed by atoms with Gasteiger partial charge in [-0.15, -0.1) is 11.3 Å². The highest BCUT2D eigenvalue weighted by Crippen LogP contribution is 2.22. The van der Waals surface area contributed by atoms with Crippen LogP contribution in [0.25, 0.3) is 0 Å². The van der Waals surface area contributed by atoms with E-state index in [1.165, 1.54) is 16.9 Å². The van der Waals surface area contributed by atoms with Gasteiger partial charge in [0, 0.05) is 5.69 Å². The van der Waals surface area contributed by atoms with Crippen molar-refractivity contribution in [3.8, 4) is 0 Å². The second-order valence-electron chi connectivity index (χ2n) is 4.00. The van der Waals surface area contributed by atoms with Gasteiger partial charge < -0.3 is 5.32 Å². The third-order valence-electron chi connectivity index (χ3n) is 2.55. The van der Waals surface area contributed by atoms with Gasteiger partial charge in [-0.2, -0.15) is 0 Å². The Balaban J connectivity index is 2.03. The number of halogens is 1. The summed E-state index contributed by atoms with van der Waals surface area (Å²) < 4.78 is 0.624. The minimum absolute atomic E-state index is 0.116. The Bertz CT molecular complexity index is 533. The second kappa shape index (κ2) is 6.03. The molecule has 1 N–H and O–H groups in total. The van der Waals surface area contributed by atoms with E-state index in [-0.39, 0.29) is 5.91 Å². The summed E-state index contributed by atoms with van der Waals surface area (Å²) in [7, 11) is 0. The zero-order valence-corrected chi connectivity index (χ0v) is 11.6. The Morgan fingerprint density at radius 2 is 1.94 bits per heavy atom. The normalized spacial score (nSPS) is 10.3. The van der Waals surface area contributed by atoms with Crippen molar-refractivity contribution in [1.29, 1.82) is 0 Å². The number of nitrogens with one attached hydrogen (secondary N) is 1. The van der Waals surface area contributed by atoms with Gasteiger partial charge in [0.25, 0.3) is 5.91 Å². The van der Waals surface area contributed by atoms with Crippen molar-refractivity contribution in [2.24, 2.45) is 0 Å². The number of amides is 1. The number of anilines is 1. The van der Waals surface area contributed by atoms with Crippen molar-refractivity contribution < 1.29 is 4.79 Å². The van der Waals surface area contributed by atoms with Gasteiger partial charge in [-0.05, 0) is 36.2 Å². The van der Waals surface area contributed by atoms with Crippen LogP contribution in [0.3, 0.4) is 0 Å². The highest BCUT2D eigenvalue weighted by molar-refractivity contribution is 7.18. The minimum Gasteiger partial charge on any atom is -0.321 e. The number of aryl methyl sites for hydroxylation is 1. The average molecular weight is 280 g/mol. The fourth-order valence-corrected chi connectivity index (χ4v) is 2.61. The molecule has 1 heterocycles. The van der Waals surface area contributed by atoms with Crippen molar-refractivity contribution in [2.75, 3.05) is 5.32 Å². The Morgan fingerprint density at radius 3 is 2.50 bits per heavy atom. The predicted octanol–water partition coefficient (Wildman–Crippen LogP) is 4.61. The van der Waals surface area contributed by atoms with Crippen LogP contribution in [0.5, 0.6) is 0 Å². The maximum Gasteiger partial charge on any atom is 0.265 e. The Hall–Kier alpha value is -1.32. The molecule has 1 aromatic carbocycles. The highest BCUT2D eigenvalue weighted by Gasteiger charge is 2.08. The molecule has 2 nitrogen and oxygen atoms in total. The van der Waals surface area contributed by atoms with E-state index in [1.807, 2.05) is 24.3 Å². The van der Waals surface area contributed by atoms with Crippen LogP contribution in [0.15, 0.2) is 36.4 Å². The van der Waals surface area contributed by atoms with Crippen LogP contribution in [0.4, 0.5) is 5.69 Å². The highest BCUT2D eigenvalue weighted by atomic mass is 35.5. The molecule has 0 saturated carbocycles. The van der Waals surface area contributed by atoms with Crippen molar-refractivity contribution in [2.45, 2.75) is 19.8 Å². The first-order chi connectivity index (χ1) is 8.69. The molecule has 4 heteroatoms. The molecular formula is C14H14ClNOS. The standard InChI is InChI=1S/C14H14ClNOS/c1-2-3-10-4-6-11(7-5-10)16-14(17)12-8-9-13(15)18-12/h4-9H,2-3H2,1H3,(H,16,17). The monoisotopic (exact) mass is 279 g/mol. The zero-order chi connectivity index (χ0) is 13.0. The number of hydrogen-bond donors (Lipinski definition) is 1. The summed E-state index contributed by atoms with van der Waals surface area (Å²) in [6.45, 7) is 2.15. The number of thiophene rings is 1. The number of carbonyl (C=O) groups excluding carboxylic acids is 1. The van der Waals surface area contributed by atoms with Crippen LogP contribution in [0.1, 0.15) is 28.6 Å². The van der Waals surface area contributed by atoms with Crippen LogP contribution in [0.2, 0.25) is 4.34 Å². The van der Waals surface area contributed by atoms with Crippen molar-refractivity contribution in [3.05, 3.63) is 51.2 Å². The molecule has 2 aromatic rings. The Kier molecular flexibility index (Phi) is 4.39. The molecule has 0 bridgehead atoms. The van der Waals surface area contributed by atoms with E-state index < -0.39 is 0 Å². The molecule has 0 aliphatic rings.